The maximum atomic E-state index is 10.5. The first-order valence-electron chi connectivity index (χ1n) is 11.2. The van der Waals surface area contributed by atoms with Crippen LogP contribution in [0.25, 0.3) is 0 Å². The average molecular weight is 422 g/mol. The molecule has 3 rings (SSSR count). The Balaban J connectivity index is 1.51. The van der Waals surface area contributed by atoms with Gasteiger partial charge in [-0.2, -0.15) is 0 Å². The summed E-state index contributed by atoms with van der Waals surface area (Å²) in [6.45, 7) is 8.08. The van der Waals surface area contributed by atoms with Crippen molar-refractivity contribution in [2.45, 2.75) is 38.0 Å². The molecule has 2 aliphatic heterocycles. The molecule has 7 nitrogen and oxygen atoms in total. The minimum atomic E-state index is -0.519. The zero-order valence-electron chi connectivity index (χ0n) is 18.9. The highest BCUT2D eigenvalue weighted by Crippen LogP contribution is 2.29. The Kier molecular flexibility index (Phi) is 9.21. The van der Waals surface area contributed by atoms with Gasteiger partial charge in [-0.25, -0.2) is 0 Å². The van der Waals surface area contributed by atoms with E-state index in [1.54, 1.807) is 14.2 Å². The smallest absolute Gasteiger partial charge is 0.161 e. The van der Waals surface area contributed by atoms with Crippen LogP contribution in [0.2, 0.25) is 0 Å². The highest BCUT2D eigenvalue weighted by molar-refractivity contribution is 5.43. The molecule has 0 saturated carbocycles. The molecule has 170 valence electrons. The lowest BCUT2D eigenvalue weighted by Crippen LogP contribution is -2.37. The van der Waals surface area contributed by atoms with E-state index in [2.05, 4.69) is 33.9 Å². The first-order chi connectivity index (χ1) is 14.6. The second-order valence-corrected chi connectivity index (χ2v) is 8.62. The number of β-amino-alcohol motifs (C(OH)–C–C–N with tert-alkyl or cyclic N) is 1. The third kappa shape index (κ3) is 7.10. The van der Waals surface area contributed by atoms with Crippen LogP contribution in [0, 0.1) is 0 Å². The van der Waals surface area contributed by atoms with Crippen molar-refractivity contribution in [3.8, 4) is 11.5 Å². The number of aliphatic hydroxyl groups is 1. The molecule has 0 aromatic heterocycles. The number of piperidine rings is 1. The number of likely N-dealkylation sites (N-methyl/N-ethyl adjacent to an activating group) is 1. The van der Waals surface area contributed by atoms with Gasteiger partial charge in [-0.15, -0.1) is 0 Å². The van der Waals surface area contributed by atoms with Crippen molar-refractivity contribution in [3.63, 3.8) is 0 Å². The van der Waals surface area contributed by atoms with E-state index in [-0.39, 0.29) is 6.61 Å². The highest BCUT2D eigenvalue weighted by Gasteiger charge is 2.20. The van der Waals surface area contributed by atoms with Crippen LogP contribution in [-0.4, -0.2) is 106 Å². The minimum Gasteiger partial charge on any atom is -0.493 e. The van der Waals surface area contributed by atoms with Crippen molar-refractivity contribution in [3.05, 3.63) is 23.8 Å². The molecule has 1 N–H and O–H groups in total. The van der Waals surface area contributed by atoms with E-state index in [9.17, 15) is 5.11 Å². The normalized spacial score (nSPS) is 21.3. The molecule has 1 unspecified atom stereocenters. The summed E-state index contributed by atoms with van der Waals surface area (Å²) in [5.41, 5.74) is 1.20. The monoisotopic (exact) mass is 421 g/mol. The van der Waals surface area contributed by atoms with Crippen molar-refractivity contribution >= 4 is 0 Å². The zero-order valence-corrected chi connectivity index (χ0v) is 18.9. The maximum Gasteiger partial charge on any atom is 0.161 e. The fourth-order valence-electron chi connectivity index (χ4n) is 4.31. The van der Waals surface area contributed by atoms with E-state index in [0.717, 1.165) is 65.1 Å². The van der Waals surface area contributed by atoms with Gasteiger partial charge in [-0.1, -0.05) is 6.07 Å². The number of aliphatic hydroxyl groups excluding tert-OH is 1. The largest absolute Gasteiger partial charge is 0.493 e. The Hall–Kier alpha value is -1.38. The standard InChI is InChI=1S/C23H39N3O4/c1-24-9-4-10-25(14-13-24)17-20(27)18-30-23-15-19(5-6-22(23)29-3)16-26-11-7-21(28-2)8-12-26/h5-6,15,20-21,27H,4,7-14,16-18H2,1-3H3. The Labute approximate surface area is 181 Å². The van der Waals surface area contributed by atoms with Gasteiger partial charge in [0.15, 0.2) is 11.5 Å². The van der Waals surface area contributed by atoms with Crippen molar-refractivity contribution in [1.82, 2.24) is 14.7 Å². The quantitative estimate of drug-likeness (QED) is 0.651. The fraction of sp³-hybridized carbons (Fsp3) is 0.739. The molecule has 7 heteroatoms. The number of methoxy groups -OCH3 is 2. The number of nitrogens with zero attached hydrogens (tertiary/aromatic N) is 3. The Morgan fingerprint density at radius 3 is 2.53 bits per heavy atom. The average Bonchev–Trinajstić information content (AvgIpc) is 2.97. The molecular weight excluding hydrogens is 382 g/mol. The van der Waals surface area contributed by atoms with Crippen molar-refractivity contribution < 1.29 is 19.3 Å². The number of hydrogen-bond acceptors (Lipinski definition) is 7. The van der Waals surface area contributed by atoms with Gasteiger partial charge >= 0.3 is 0 Å². The Morgan fingerprint density at radius 2 is 1.80 bits per heavy atom. The molecule has 0 bridgehead atoms. The predicted octanol–water partition coefficient (Wildman–Crippen LogP) is 1.68. The molecule has 1 atom stereocenters. The van der Waals surface area contributed by atoms with E-state index in [1.807, 2.05) is 6.07 Å². The maximum absolute atomic E-state index is 10.5. The molecule has 1 aromatic rings. The second-order valence-electron chi connectivity index (χ2n) is 8.62. The molecular formula is C23H39N3O4. The van der Waals surface area contributed by atoms with Gasteiger partial charge in [0, 0.05) is 46.4 Å². The van der Waals surface area contributed by atoms with Crippen LogP contribution in [0.5, 0.6) is 11.5 Å². The van der Waals surface area contributed by atoms with Crippen molar-refractivity contribution in [1.29, 1.82) is 0 Å². The first kappa shape index (κ1) is 23.3. The van der Waals surface area contributed by atoms with Crippen LogP contribution in [-0.2, 0) is 11.3 Å². The van der Waals surface area contributed by atoms with Crippen molar-refractivity contribution in [2.24, 2.45) is 0 Å². The Bertz CT molecular complexity index is 637. The predicted molar refractivity (Wildman–Crippen MR) is 118 cm³/mol. The molecule has 0 amide bonds. The summed E-state index contributed by atoms with van der Waals surface area (Å²) >= 11 is 0. The number of ether oxygens (including phenoxy) is 3. The van der Waals surface area contributed by atoms with Gasteiger partial charge in [0.2, 0.25) is 0 Å². The molecule has 2 saturated heterocycles. The Morgan fingerprint density at radius 1 is 1.00 bits per heavy atom. The molecule has 1 aromatic carbocycles. The third-order valence-electron chi connectivity index (χ3n) is 6.21. The van der Waals surface area contributed by atoms with Gasteiger partial charge < -0.3 is 24.2 Å². The number of likely N-dealkylation sites (tertiary alicyclic amines) is 1. The molecule has 0 radical (unpaired) electrons. The summed E-state index contributed by atoms with van der Waals surface area (Å²) in [7, 11) is 5.61. The lowest BCUT2D eigenvalue weighted by molar-refractivity contribution is 0.0388. The van der Waals surface area contributed by atoms with Crippen LogP contribution >= 0.6 is 0 Å². The van der Waals surface area contributed by atoms with Gasteiger partial charge in [-0.3, -0.25) is 9.80 Å². The fourth-order valence-corrected chi connectivity index (χ4v) is 4.31. The first-order valence-corrected chi connectivity index (χ1v) is 11.2. The van der Waals surface area contributed by atoms with E-state index in [0.29, 0.717) is 24.1 Å². The van der Waals surface area contributed by atoms with Crippen LogP contribution in [0.1, 0.15) is 24.8 Å². The number of rotatable bonds is 9. The van der Waals surface area contributed by atoms with Crippen molar-refractivity contribution in [2.75, 3.05) is 73.7 Å². The molecule has 0 aliphatic carbocycles. The van der Waals surface area contributed by atoms with E-state index >= 15 is 0 Å². The summed E-state index contributed by atoms with van der Waals surface area (Å²) in [5.74, 6) is 1.41. The van der Waals surface area contributed by atoms with Gasteiger partial charge in [-0.05, 0) is 57.1 Å². The summed E-state index contributed by atoms with van der Waals surface area (Å²) in [4.78, 5) is 7.12. The van der Waals surface area contributed by atoms with Gasteiger partial charge in [0.1, 0.15) is 12.7 Å². The van der Waals surface area contributed by atoms with Crippen LogP contribution in [0.4, 0.5) is 0 Å². The zero-order chi connectivity index (χ0) is 21.3. The van der Waals surface area contributed by atoms with Crippen LogP contribution in [0.3, 0.4) is 0 Å². The van der Waals surface area contributed by atoms with E-state index in [1.165, 1.54) is 5.56 Å². The van der Waals surface area contributed by atoms with Gasteiger partial charge in [0.25, 0.3) is 0 Å². The van der Waals surface area contributed by atoms with Crippen LogP contribution < -0.4 is 9.47 Å². The summed E-state index contributed by atoms with van der Waals surface area (Å²) in [6.07, 6.45) is 3.17. The summed E-state index contributed by atoms with van der Waals surface area (Å²) in [5, 5.41) is 10.5. The molecule has 0 spiro atoms. The molecule has 2 aliphatic rings. The van der Waals surface area contributed by atoms with Gasteiger partial charge in [0.05, 0.1) is 13.2 Å². The SMILES string of the molecule is COc1ccc(CN2CCC(OC)CC2)cc1OCC(O)CN1CCCN(C)CC1. The highest BCUT2D eigenvalue weighted by atomic mass is 16.5. The molecule has 2 heterocycles. The second kappa shape index (κ2) is 11.9. The van der Waals surface area contributed by atoms with E-state index < -0.39 is 6.10 Å². The molecule has 30 heavy (non-hydrogen) atoms. The van der Waals surface area contributed by atoms with E-state index in [4.69, 9.17) is 14.2 Å². The lowest BCUT2D eigenvalue weighted by Gasteiger charge is -2.31. The molecule has 2 fully saturated rings. The number of benzene rings is 1. The summed E-state index contributed by atoms with van der Waals surface area (Å²) in [6, 6.07) is 6.11. The topological polar surface area (TPSA) is 57.6 Å². The summed E-state index contributed by atoms with van der Waals surface area (Å²) < 4.78 is 16.9. The minimum absolute atomic E-state index is 0.269. The lowest BCUT2D eigenvalue weighted by atomic mass is 10.1. The third-order valence-corrected chi connectivity index (χ3v) is 6.21. The van der Waals surface area contributed by atoms with Crippen LogP contribution in [0.15, 0.2) is 18.2 Å². The number of hydrogen-bond donors (Lipinski definition) is 1.